The van der Waals surface area contributed by atoms with Gasteiger partial charge in [0, 0.05) is 18.8 Å². The molecule has 2 rings (SSSR count). The predicted molar refractivity (Wildman–Crippen MR) is 67.0 cm³/mol. The summed E-state index contributed by atoms with van der Waals surface area (Å²) in [6.07, 6.45) is 1.44. The van der Waals surface area contributed by atoms with E-state index >= 15 is 0 Å². The van der Waals surface area contributed by atoms with E-state index in [2.05, 4.69) is 0 Å². The number of hydrogen-bond acceptors (Lipinski definition) is 2. The zero-order valence-electron chi connectivity index (χ0n) is 10.2. The Labute approximate surface area is 104 Å². The third-order valence-corrected chi connectivity index (χ3v) is 2.87. The van der Waals surface area contributed by atoms with Gasteiger partial charge < -0.3 is 9.67 Å². The number of carbonyl (C=O) groups is 2. The number of nitrogens with zero attached hydrogens (tertiary/aromatic N) is 1. The summed E-state index contributed by atoms with van der Waals surface area (Å²) in [5, 5.41) is 8.90. The van der Waals surface area contributed by atoms with Crippen molar-refractivity contribution in [2.75, 3.05) is 0 Å². The van der Waals surface area contributed by atoms with Crippen molar-refractivity contribution in [3.63, 3.8) is 0 Å². The normalized spacial score (nSPS) is 10.3. The van der Waals surface area contributed by atoms with E-state index in [9.17, 15) is 9.59 Å². The van der Waals surface area contributed by atoms with Crippen LogP contribution in [0.3, 0.4) is 0 Å². The van der Waals surface area contributed by atoms with Crippen LogP contribution in [0.1, 0.15) is 32.0 Å². The first kappa shape index (κ1) is 12.1. The first-order valence-electron chi connectivity index (χ1n) is 5.50. The Hall–Kier alpha value is -2.36. The van der Waals surface area contributed by atoms with Crippen LogP contribution in [0.2, 0.25) is 0 Å². The molecule has 0 saturated carbocycles. The second-order valence-corrected chi connectivity index (χ2v) is 4.17. The Balaban J connectivity index is 2.47. The molecule has 0 radical (unpaired) electrons. The summed E-state index contributed by atoms with van der Waals surface area (Å²) in [6, 6.07) is 8.65. The van der Waals surface area contributed by atoms with Crippen LogP contribution in [0.25, 0.3) is 0 Å². The molecule has 1 aromatic heterocycles. The van der Waals surface area contributed by atoms with Gasteiger partial charge in [0.1, 0.15) is 0 Å². The Morgan fingerprint density at radius 1 is 1.22 bits per heavy atom. The SMILES string of the molecule is Cc1ccccc1C(=O)c1cc(C(=O)O)cn1C. The second-order valence-electron chi connectivity index (χ2n) is 4.17. The number of aromatic nitrogens is 1. The number of hydrogen-bond donors (Lipinski definition) is 1. The molecule has 0 saturated heterocycles. The number of carboxylic acid groups (broad SMARTS) is 1. The van der Waals surface area contributed by atoms with Crippen LogP contribution in [0, 0.1) is 6.92 Å². The molecule has 0 unspecified atom stereocenters. The Kier molecular flexibility index (Phi) is 3.02. The standard InChI is InChI=1S/C14H13NO3/c1-9-5-3-4-6-11(9)13(16)12-7-10(14(17)18)8-15(12)2/h3-8H,1-2H3,(H,17,18). The van der Waals surface area contributed by atoms with Crippen molar-refractivity contribution in [3.05, 3.63) is 58.9 Å². The molecule has 0 bridgehead atoms. The van der Waals surface area contributed by atoms with Crippen LogP contribution in [0.15, 0.2) is 36.5 Å². The summed E-state index contributed by atoms with van der Waals surface area (Å²) >= 11 is 0. The van der Waals surface area contributed by atoms with E-state index in [1.165, 1.54) is 16.8 Å². The van der Waals surface area contributed by atoms with Gasteiger partial charge in [-0.3, -0.25) is 4.79 Å². The van der Waals surface area contributed by atoms with Crippen LogP contribution in [0.5, 0.6) is 0 Å². The maximum atomic E-state index is 12.3. The van der Waals surface area contributed by atoms with Gasteiger partial charge in [-0.05, 0) is 18.6 Å². The van der Waals surface area contributed by atoms with Gasteiger partial charge in [0.15, 0.2) is 0 Å². The van der Waals surface area contributed by atoms with Crippen molar-refractivity contribution in [2.24, 2.45) is 7.05 Å². The quantitative estimate of drug-likeness (QED) is 0.841. The van der Waals surface area contributed by atoms with E-state index < -0.39 is 5.97 Å². The molecule has 2 aromatic rings. The molecule has 0 aliphatic heterocycles. The second kappa shape index (κ2) is 4.49. The van der Waals surface area contributed by atoms with Crippen LogP contribution < -0.4 is 0 Å². The number of carboxylic acids is 1. The molecule has 0 amide bonds. The summed E-state index contributed by atoms with van der Waals surface area (Å²) < 4.78 is 1.54. The molecule has 0 spiro atoms. The maximum Gasteiger partial charge on any atom is 0.337 e. The van der Waals surface area contributed by atoms with Gasteiger partial charge in [-0.1, -0.05) is 24.3 Å². The molecule has 4 nitrogen and oxygen atoms in total. The predicted octanol–water partition coefficient (Wildman–Crippen LogP) is 2.26. The van der Waals surface area contributed by atoms with E-state index in [1.54, 1.807) is 19.2 Å². The molecular formula is C14H13NO3. The fourth-order valence-corrected chi connectivity index (χ4v) is 1.87. The molecule has 92 valence electrons. The molecule has 0 atom stereocenters. The van der Waals surface area contributed by atoms with E-state index in [0.717, 1.165) is 5.56 Å². The average molecular weight is 243 g/mol. The largest absolute Gasteiger partial charge is 0.478 e. The lowest BCUT2D eigenvalue weighted by atomic mass is 10.0. The lowest BCUT2D eigenvalue weighted by molar-refractivity contribution is 0.0697. The van der Waals surface area contributed by atoms with Gasteiger partial charge in [-0.2, -0.15) is 0 Å². The van der Waals surface area contributed by atoms with Crippen molar-refractivity contribution in [3.8, 4) is 0 Å². The number of aromatic carboxylic acids is 1. The van der Waals surface area contributed by atoms with Gasteiger partial charge in [0.25, 0.3) is 0 Å². The zero-order valence-corrected chi connectivity index (χ0v) is 10.2. The fourth-order valence-electron chi connectivity index (χ4n) is 1.87. The highest BCUT2D eigenvalue weighted by atomic mass is 16.4. The Morgan fingerprint density at radius 3 is 2.44 bits per heavy atom. The number of rotatable bonds is 3. The summed E-state index contributed by atoms with van der Waals surface area (Å²) in [7, 11) is 1.66. The molecule has 0 aliphatic rings. The van der Waals surface area contributed by atoms with Crippen molar-refractivity contribution in [1.29, 1.82) is 0 Å². The lowest BCUT2D eigenvalue weighted by Crippen LogP contribution is -2.08. The summed E-state index contributed by atoms with van der Waals surface area (Å²) in [5.41, 5.74) is 1.97. The van der Waals surface area contributed by atoms with Crippen molar-refractivity contribution in [2.45, 2.75) is 6.92 Å². The van der Waals surface area contributed by atoms with Crippen LogP contribution in [-0.2, 0) is 7.05 Å². The van der Waals surface area contributed by atoms with E-state index in [1.807, 2.05) is 19.1 Å². The zero-order chi connectivity index (χ0) is 13.3. The van der Waals surface area contributed by atoms with E-state index in [-0.39, 0.29) is 11.3 Å². The number of benzene rings is 1. The highest BCUT2D eigenvalue weighted by Crippen LogP contribution is 2.16. The number of carbonyl (C=O) groups excluding carboxylic acids is 1. The molecular weight excluding hydrogens is 230 g/mol. The minimum absolute atomic E-state index is 0.120. The lowest BCUT2D eigenvalue weighted by Gasteiger charge is -2.05. The monoisotopic (exact) mass is 243 g/mol. The van der Waals surface area contributed by atoms with Gasteiger partial charge in [0.2, 0.25) is 5.78 Å². The van der Waals surface area contributed by atoms with E-state index in [4.69, 9.17) is 5.11 Å². The topological polar surface area (TPSA) is 59.3 Å². The molecule has 0 fully saturated rings. The smallest absolute Gasteiger partial charge is 0.337 e. The highest BCUT2D eigenvalue weighted by Gasteiger charge is 2.17. The molecule has 4 heteroatoms. The number of ketones is 1. The van der Waals surface area contributed by atoms with Crippen molar-refractivity contribution in [1.82, 2.24) is 4.57 Å². The average Bonchev–Trinajstić information content (AvgIpc) is 2.71. The maximum absolute atomic E-state index is 12.3. The summed E-state index contributed by atoms with van der Waals surface area (Å²) in [6.45, 7) is 1.86. The minimum atomic E-state index is -1.03. The molecule has 1 heterocycles. The number of aryl methyl sites for hydroxylation is 2. The van der Waals surface area contributed by atoms with Crippen LogP contribution >= 0.6 is 0 Å². The van der Waals surface area contributed by atoms with Crippen LogP contribution in [0.4, 0.5) is 0 Å². The first-order valence-corrected chi connectivity index (χ1v) is 5.50. The van der Waals surface area contributed by atoms with Gasteiger partial charge in [0.05, 0.1) is 11.3 Å². The molecule has 0 aliphatic carbocycles. The summed E-state index contributed by atoms with van der Waals surface area (Å²) in [5.74, 6) is -1.20. The Morgan fingerprint density at radius 2 is 1.89 bits per heavy atom. The third-order valence-electron chi connectivity index (χ3n) is 2.87. The van der Waals surface area contributed by atoms with Gasteiger partial charge >= 0.3 is 5.97 Å². The summed E-state index contributed by atoms with van der Waals surface area (Å²) in [4.78, 5) is 23.2. The van der Waals surface area contributed by atoms with Gasteiger partial charge in [-0.25, -0.2) is 4.79 Å². The van der Waals surface area contributed by atoms with Crippen LogP contribution in [-0.4, -0.2) is 21.4 Å². The molecule has 18 heavy (non-hydrogen) atoms. The Bertz CT molecular complexity index is 626. The fraction of sp³-hybridized carbons (Fsp3) is 0.143. The molecule has 1 N–H and O–H groups in total. The van der Waals surface area contributed by atoms with Crippen molar-refractivity contribution < 1.29 is 14.7 Å². The highest BCUT2D eigenvalue weighted by molar-refractivity contribution is 6.10. The third kappa shape index (κ3) is 2.05. The van der Waals surface area contributed by atoms with E-state index in [0.29, 0.717) is 11.3 Å². The van der Waals surface area contributed by atoms with Gasteiger partial charge in [-0.15, -0.1) is 0 Å². The van der Waals surface area contributed by atoms with Crippen molar-refractivity contribution >= 4 is 11.8 Å². The first-order chi connectivity index (χ1) is 8.50. The molecule has 1 aromatic carbocycles. The minimum Gasteiger partial charge on any atom is -0.478 e.